The van der Waals surface area contributed by atoms with Gasteiger partial charge in [0.2, 0.25) is 0 Å². The van der Waals surface area contributed by atoms with Gasteiger partial charge in [0.1, 0.15) is 17.2 Å². The predicted octanol–water partition coefficient (Wildman–Crippen LogP) is 3.52. The molecule has 0 aliphatic carbocycles. The lowest BCUT2D eigenvalue weighted by atomic mass is 10.2. The van der Waals surface area contributed by atoms with Crippen molar-refractivity contribution in [2.45, 2.75) is 13.8 Å². The number of pyridine rings is 1. The summed E-state index contributed by atoms with van der Waals surface area (Å²) in [6, 6.07) is 7.97. The molecule has 0 bridgehead atoms. The third-order valence-electron chi connectivity index (χ3n) is 3.45. The Kier molecular flexibility index (Phi) is 4.83. The Morgan fingerprint density at radius 3 is 2.64 bits per heavy atom. The minimum absolute atomic E-state index is 0.192. The molecule has 6 nitrogen and oxygen atoms in total. The van der Waals surface area contributed by atoms with Crippen molar-refractivity contribution in [2.75, 3.05) is 18.5 Å². The van der Waals surface area contributed by atoms with E-state index >= 15 is 0 Å². The van der Waals surface area contributed by atoms with Crippen LogP contribution < -0.4 is 14.8 Å². The second kappa shape index (κ2) is 7.21. The molecule has 2 heterocycles. The number of benzene rings is 1. The zero-order chi connectivity index (χ0) is 17.8. The van der Waals surface area contributed by atoms with Crippen LogP contribution in [0.15, 0.2) is 42.7 Å². The fraction of sp³-hybridized carbons (Fsp3) is 0.222. The highest BCUT2D eigenvalue weighted by atomic mass is 19.1. The normalized spacial score (nSPS) is 10.7. The van der Waals surface area contributed by atoms with Crippen molar-refractivity contribution in [3.8, 4) is 11.5 Å². The van der Waals surface area contributed by atoms with Gasteiger partial charge in [0.05, 0.1) is 13.2 Å². The third-order valence-corrected chi connectivity index (χ3v) is 3.45. The molecule has 0 aliphatic heterocycles. The second-order valence-corrected chi connectivity index (χ2v) is 5.22. The van der Waals surface area contributed by atoms with Crippen molar-refractivity contribution in [3.63, 3.8) is 0 Å². The highest BCUT2D eigenvalue weighted by Crippen LogP contribution is 2.30. The van der Waals surface area contributed by atoms with Crippen LogP contribution >= 0.6 is 0 Å². The molecular formula is C18H18FN3O3. The third kappa shape index (κ3) is 3.71. The zero-order valence-corrected chi connectivity index (χ0v) is 14.0. The maximum absolute atomic E-state index is 13.2. The summed E-state index contributed by atoms with van der Waals surface area (Å²) in [6.07, 6.45) is 2.74. The summed E-state index contributed by atoms with van der Waals surface area (Å²) in [5, 5.41) is 2.76. The molecule has 1 amide bonds. The monoisotopic (exact) mass is 343 g/mol. The molecule has 0 saturated carbocycles. The quantitative estimate of drug-likeness (QED) is 0.744. The maximum Gasteiger partial charge on any atom is 0.275 e. The molecule has 0 radical (unpaired) electrons. The van der Waals surface area contributed by atoms with E-state index in [9.17, 15) is 9.18 Å². The molecule has 3 rings (SSSR count). The van der Waals surface area contributed by atoms with E-state index in [-0.39, 0.29) is 5.69 Å². The lowest BCUT2D eigenvalue weighted by Gasteiger charge is -2.12. The number of ether oxygens (including phenoxy) is 2. The minimum Gasteiger partial charge on any atom is -0.490 e. The number of anilines is 1. The molecule has 0 atom stereocenters. The van der Waals surface area contributed by atoms with E-state index in [1.54, 1.807) is 18.2 Å². The summed E-state index contributed by atoms with van der Waals surface area (Å²) in [5.41, 5.74) is 1.24. The van der Waals surface area contributed by atoms with E-state index in [4.69, 9.17) is 9.47 Å². The van der Waals surface area contributed by atoms with Crippen LogP contribution in [0.4, 0.5) is 10.1 Å². The van der Waals surface area contributed by atoms with Gasteiger partial charge >= 0.3 is 0 Å². The first-order valence-electron chi connectivity index (χ1n) is 7.96. The highest BCUT2D eigenvalue weighted by Gasteiger charge is 2.13. The van der Waals surface area contributed by atoms with Gasteiger partial charge in [0, 0.05) is 24.1 Å². The Morgan fingerprint density at radius 1 is 1.12 bits per heavy atom. The number of nitrogens with one attached hydrogen (secondary N) is 1. The molecule has 1 N–H and O–H groups in total. The number of rotatable bonds is 6. The molecule has 0 spiro atoms. The highest BCUT2D eigenvalue weighted by molar-refractivity contribution is 6.03. The zero-order valence-electron chi connectivity index (χ0n) is 14.0. The number of carbonyl (C=O) groups is 1. The Labute approximate surface area is 144 Å². The van der Waals surface area contributed by atoms with Gasteiger partial charge < -0.3 is 19.2 Å². The first-order chi connectivity index (χ1) is 12.1. The van der Waals surface area contributed by atoms with Crippen molar-refractivity contribution in [2.24, 2.45) is 0 Å². The molecule has 7 heteroatoms. The Balaban J connectivity index is 1.82. The number of amides is 1. The number of carbonyl (C=O) groups excluding carboxylic acids is 1. The Bertz CT molecular complexity index is 908. The van der Waals surface area contributed by atoms with Crippen molar-refractivity contribution < 1.29 is 18.7 Å². The van der Waals surface area contributed by atoms with E-state index in [1.165, 1.54) is 28.9 Å². The van der Waals surface area contributed by atoms with Crippen molar-refractivity contribution in [1.29, 1.82) is 0 Å². The van der Waals surface area contributed by atoms with Gasteiger partial charge in [-0.05, 0) is 38.1 Å². The molecule has 0 aliphatic rings. The van der Waals surface area contributed by atoms with Gasteiger partial charge in [-0.15, -0.1) is 0 Å². The summed E-state index contributed by atoms with van der Waals surface area (Å²) < 4.78 is 25.7. The largest absolute Gasteiger partial charge is 0.490 e. The van der Waals surface area contributed by atoms with Crippen LogP contribution in [-0.4, -0.2) is 28.5 Å². The smallest absolute Gasteiger partial charge is 0.275 e. The first-order valence-corrected chi connectivity index (χ1v) is 7.96. The maximum atomic E-state index is 13.2. The standard InChI is InChI=1S/C18H18FN3O3/c1-3-24-15-7-6-13(9-16(15)25-4-2)20-18(23)14-11-22-10-12(19)5-8-17(22)21-14/h5-11H,3-4H2,1-2H3,(H,20,23). The van der Waals surface area contributed by atoms with Crippen molar-refractivity contribution in [1.82, 2.24) is 9.38 Å². The van der Waals surface area contributed by atoms with Crippen LogP contribution in [0.5, 0.6) is 11.5 Å². The number of halogens is 1. The average molecular weight is 343 g/mol. The first kappa shape index (κ1) is 16.8. The van der Waals surface area contributed by atoms with Gasteiger partial charge in [-0.2, -0.15) is 0 Å². The fourth-order valence-electron chi connectivity index (χ4n) is 2.40. The molecule has 0 saturated heterocycles. The number of aromatic nitrogens is 2. The van der Waals surface area contributed by atoms with Gasteiger partial charge in [-0.3, -0.25) is 4.79 Å². The number of hydrogen-bond acceptors (Lipinski definition) is 4. The van der Waals surface area contributed by atoms with Crippen molar-refractivity contribution in [3.05, 3.63) is 54.2 Å². The van der Waals surface area contributed by atoms with Crippen LogP contribution in [-0.2, 0) is 0 Å². The lowest BCUT2D eigenvalue weighted by Crippen LogP contribution is -2.12. The summed E-state index contributed by atoms with van der Waals surface area (Å²) in [5.74, 6) is 0.380. The van der Waals surface area contributed by atoms with E-state index in [0.29, 0.717) is 36.0 Å². The van der Waals surface area contributed by atoms with E-state index in [1.807, 2.05) is 13.8 Å². The van der Waals surface area contributed by atoms with Gasteiger partial charge in [0.15, 0.2) is 11.5 Å². The summed E-state index contributed by atoms with van der Waals surface area (Å²) in [6.45, 7) is 4.76. The van der Waals surface area contributed by atoms with Gasteiger partial charge in [-0.1, -0.05) is 0 Å². The van der Waals surface area contributed by atoms with E-state index < -0.39 is 11.7 Å². The minimum atomic E-state index is -0.398. The lowest BCUT2D eigenvalue weighted by molar-refractivity contribution is 0.102. The van der Waals surface area contributed by atoms with Crippen LogP contribution in [0, 0.1) is 5.82 Å². The van der Waals surface area contributed by atoms with Gasteiger partial charge in [0.25, 0.3) is 5.91 Å². The average Bonchev–Trinajstić information content (AvgIpc) is 3.01. The Hall–Kier alpha value is -3.09. The summed E-state index contributed by atoms with van der Waals surface area (Å²) >= 11 is 0. The summed E-state index contributed by atoms with van der Waals surface area (Å²) in [7, 11) is 0. The van der Waals surface area contributed by atoms with Crippen LogP contribution in [0.2, 0.25) is 0 Å². The molecule has 130 valence electrons. The van der Waals surface area contributed by atoms with Gasteiger partial charge in [-0.25, -0.2) is 9.37 Å². The fourth-order valence-corrected chi connectivity index (χ4v) is 2.40. The molecule has 3 aromatic rings. The molecular weight excluding hydrogens is 325 g/mol. The molecule has 0 unspecified atom stereocenters. The van der Waals surface area contributed by atoms with Crippen LogP contribution in [0.25, 0.3) is 5.65 Å². The SMILES string of the molecule is CCOc1ccc(NC(=O)c2cn3cc(F)ccc3n2)cc1OCC. The Morgan fingerprint density at radius 2 is 1.88 bits per heavy atom. The number of nitrogens with zero attached hydrogens (tertiary/aromatic N) is 2. The van der Waals surface area contributed by atoms with Crippen LogP contribution in [0.1, 0.15) is 24.3 Å². The van der Waals surface area contributed by atoms with E-state index in [2.05, 4.69) is 10.3 Å². The van der Waals surface area contributed by atoms with E-state index in [0.717, 1.165) is 0 Å². The molecule has 25 heavy (non-hydrogen) atoms. The molecule has 0 fully saturated rings. The number of hydrogen-bond donors (Lipinski definition) is 1. The topological polar surface area (TPSA) is 64.9 Å². The molecule has 1 aromatic carbocycles. The summed E-state index contributed by atoms with van der Waals surface area (Å²) in [4.78, 5) is 16.6. The van der Waals surface area contributed by atoms with Crippen LogP contribution in [0.3, 0.4) is 0 Å². The predicted molar refractivity (Wildman–Crippen MR) is 91.9 cm³/mol. The van der Waals surface area contributed by atoms with Crippen molar-refractivity contribution >= 4 is 17.2 Å². The second-order valence-electron chi connectivity index (χ2n) is 5.22. The molecule has 2 aromatic heterocycles. The number of fused-ring (bicyclic) bond motifs is 1. The number of imidazole rings is 1.